The maximum atomic E-state index is 13.3. The van der Waals surface area contributed by atoms with Gasteiger partial charge in [0.1, 0.15) is 11.1 Å². The van der Waals surface area contributed by atoms with E-state index in [1.807, 2.05) is 13.8 Å². The molecule has 10 nitrogen and oxygen atoms in total. The fourth-order valence-electron chi connectivity index (χ4n) is 3.40. The Bertz CT molecular complexity index is 1350. The van der Waals surface area contributed by atoms with Crippen LogP contribution in [0.25, 0.3) is 0 Å². The summed E-state index contributed by atoms with van der Waals surface area (Å²) in [4.78, 5) is 45.5. The van der Waals surface area contributed by atoms with Crippen molar-refractivity contribution in [3.05, 3.63) is 73.1 Å². The molecular formula is C25H29Cl2N5O5. The second-order valence-electron chi connectivity index (χ2n) is 8.37. The Hall–Kier alpha value is -3.37. The van der Waals surface area contributed by atoms with Gasteiger partial charge in [-0.05, 0) is 43.0 Å². The fourth-order valence-corrected chi connectivity index (χ4v) is 3.74. The van der Waals surface area contributed by atoms with Crippen LogP contribution >= 0.6 is 23.2 Å². The van der Waals surface area contributed by atoms with Crippen molar-refractivity contribution in [3.8, 4) is 5.88 Å². The van der Waals surface area contributed by atoms with E-state index in [2.05, 4.69) is 15.3 Å². The smallest absolute Gasteiger partial charge is 0.354 e. The number of carboxylic acid groups (broad SMARTS) is 1. The van der Waals surface area contributed by atoms with E-state index in [1.165, 1.54) is 17.7 Å². The summed E-state index contributed by atoms with van der Waals surface area (Å²) in [5, 5.41) is 13.0. The quantitative estimate of drug-likeness (QED) is 0.397. The van der Waals surface area contributed by atoms with Crippen molar-refractivity contribution < 1.29 is 14.6 Å². The lowest BCUT2D eigenvalue weighted by Gasteiger charge is -2.26. The first-order chi connectivity index (χ1) is 17.7. The third kappa shape index (κ3) is 7.11. The molecule has 2 aromatic heterocycles. The molecule has 2 heterocycles. The number of aliphatic carboxylic acids is 1. The van der Waals surface area contributed by atoms with Crippen molar-refractivity contribution >= 4 is 40.8 Å². The van der Waals surface area contributed by atoms with Crippen LogP contribution in [-0.2, 0) is 17.9 Å². The number of benzene rings is 1. The van der Waals surface area contributed by atoms with Gasteiger partial charge in [0, 0.05) is 11.6 Å². The van der Waals surface area contributed by atoms with E-state index >= 15 is 0 Å². The molecule has 1 unspecified atom stereocenters. The van der Waals surface area contributed by atoms with Gasteiger partial charge in [0.25, 0.3) is 0 Å². The maximum Gasteiger partial charge on any atom is 0.354 e. The van der Waals surface area contributed by atoms with E-state index < -0.39 is 23.3 Å². The van der Waals surface area contributed by atoms with Gasteiger partial charge < -0.3 is 15.2 Å². The Morgan fingerprint density at radius 1 is 1.19 bits per heavy atom. The Balaban J connectivity index is 0.00000186. The number of nitrogens with zero attached hydrogens (tertiary/aromatic N) is 4. The van der Waals surface area contributed by atoms with E-state index in [4.69, 9.17) is 27.9 Å². The van der Waals surface area contributed by atoms with Gasteiger partial charge in [-0.15, -0.1) is 0 Å². The SMILES string of the molecule is CC.CC(Cn1c(=O)nc(Nc2cnc(OC3CCC3)c(Cl)c2)n(Cc2ccc(Cl)cc2)c1=O)C(=O)O. The summed E-state index contributed by atoms with van der Waals surface area (Å²) in [5.74, 6) is -1.82. The van der Waals surface area contributed by atoms with E-state index in [-0.39, 0.29) is 30.2 Å². The van der Waals surface area contributed by atoms with Crippen molar-refractivity contribution in [2.24, 2.45) is 5.92 Å². The molecule has 1 aromatic carbocycles. The Labute approximate surface area is 223 Å². The number of carboxylic acids is 1. The number of ether oxygens (including phenoxy) is 1. The van der Waals surface area contributed by atoms with Gasteiger partial charge in [-0.25, -0.2) is 19.1 Å². The maximum absolute atomic E-state index is 13.3. The van der Waals surface area contributed by atoms with Crippen LogP contribution in [0, 0.1) is 5.92 Å². The topological polar surface area (TPSA) is 128 Å². The van der Waals surface area contributed by atoms with E-state index in [0.29, 0.717) is 16.6 Å². The normalized spacial score (nSPS) is 13.6. The average Bonchev–Trinajstić information content (AvgIpc) is 2.84. The van der Waals surface area contributed by atoms with E-state index in [1.54, 1.807) is 30.3 Å². The van der Waals surface area contributed by atoms with Crippen molar-refractivity contribution in [1.29, 1.82) is 0 Å². The van der Waals surface area contributed by atoms with Gasteiger partial charge in [-0.1, -0.05) is 56.1 Å². The van der Waals surface area contributed by atoms with Gasteiger partial charge in [-0.2, -0.15) is 4.98 Å². The second-order valence-corrected chi connectivity index (χ2v) is 9.21. The molecule has 4 rings (SSSR count). The summed E-state index contributed by atoms with van der Waals surface area (Å²) < 4.78 is 7.80. The highest BCUT2D eigenvalue weighted by molar-refractivity contribution is 6.32. The minimum Gasteiger partial charge on any atom is -0.481 e. The molecule has 1 aliphatic carbocycles. The first-order valence-corrected chi connectivity index (χ1v) is 12.7. The zero-order valence-corrected chi connectivity index (χ0v) is 22.3. The second kappa shape index (κ2) is 12.7. The summed E-state index contributed by atoms with van der Waals surface area (Å²) >= 11 is 12.3. The molecule has 12 heteroatoms. The first kappa shape index (κ1) is 28.2. The summed E-state index contributed by atoms with van der Waals surface area (Å²) in [6.45, 7) is 5.14. The van der Waals surface area contributed by atoms with Gasteiger partial charge in [0.15, 0.2) is 0 Å². The molecule has 1 aliphatic rings. The van der Waals surface area contributed by atoms with Crippen LogP contribution in [0.2, 0.25) is 10.0 Å². The predicted molar refractivity (Wildman–Crippen MR) is 142 cm³/mol. The highest BCUT2D eigenvalue weighted by atomic mass is 35.5. The van der Waals surface area contributed by atoms with Crippen molar-refractivity contribution in [2.45, 2.75) is 59.2 Å². The van der Waals surface area contributed by atoms with Gasteiger partial charge in [0.05, 0.1) is 24.3 Å². The summed E-state index contributed by atoms with van der Waals surface area (Å²) in [6.07, 6.45) is 4.59. The molecule has 0 amide bonds. The number of halogens is 2. The van der Waals surface area contributed by atoms with E-state index in [9.17, 15) is 19.5 Å². The zero-order valence-electron chi connectivity index (χ0n) is 20.8. The van der Waals surface area contributed by atoms with Crippen LogP contribution in [0.3, 0.4) is 0 Å². The number of carbonyl (C=O) groups is 1. The lowest BCUT2D eigenvalue weighted by atomic mass is 9.96. The molecule has 1 atom stereocenters. The predicted octanol–water partition coefficient (Wildman–Crippen LogP) is 4.58. The minimum atomic E-state index is -1.13. The summed E-state index contributed by atoms with van der Waals surface area (Å²) in [7, 11) is 0. The average molecular weight is 550 g/mol. The van der Waals surface area contributed by atoms with Crippen LogP contribution < -0.4 is 21.4 Å². The summed E-state index contributed by atoms with van der Waals surface area (Å²) in [5.41, 5.74) is -0.469. The molecule has 0 saturated heterocycles. The minimum absolute atomic E-state index is 0.0419. The third-order valence-electron chi connectivity index (χ3n) is 5.68. The van der Waals surface area contributed by atoms with Crippen LogP contribution in [-0.4, -0.2) is 36.3 Å². The lowest BCUT2D eigenvalue weighted by molar-refractivity contribution is -0.141. The van der Waals surface area contributed by atoms with Gasteiger partial charge in [0.2, 0.25) is 11.8 Å². The molecule has 0 spiro atoms. The number of pyridine rings is 1. The van der Waals surface area contributed by atoms with Gasteiger partial charge >= 0.3 is 17.3 Å². The van der Waals surface area contributed by atoms with Crippen LogP contribution in [0.15, 0.2) is 46.1 Å². The number of hydrogen-bond acceptors (Lipinski definition) is 7. The van der Waals surface area contributed by atoms with Crippen molar-refractivity contribution in [1.82, 2.24) is 19.1 Å². The number of rotatable bonds is 9. The molecule has 1 fully saturated rings. The number of anilines is 2. The van der Waals surface area contributed by atoms with Crippen LogP contribution in [0.5, 0.6) is 5.88 Å². The Morgan fingerprint density at radius 2 is 1.86 bits per heavy atom. The standard InChI is InChI=1S/C23H23Cl2N5O5.C2H6/c1-13(20(31)32)11-30-22(33)28-21(29(23(30)34)12-14-5-7-15(24)8-6-14)27-16-9-18(25)19(26-10-16)35-17-3-2-4-17;1-2/h5-10,13,17H,2-4,11-12H2,1H3,(H,31,32)(H,27,28,33);1-2H3. The highest BCUT2D eigenvalue weighted by Gasteiger charge is 2.22. The lowest BCUT2D eigenvalue weighted by Crippen LogP contribution is -2.44. The highest BCUT2D eigenvalue weighted by Crippen LogP contribution is 2.30. The fraction of sp³-hybridized carbons (Fsp3) is 0.400. The third-order valence-corrected chi connectivity index (χ3v) is 6.20. The largest absolute Gasteiger partial charge is 0.481 e. The van der Waals surface area contributed by atoms with Crippen molar-refractivity contribution in [3.63, 3.8) is 0 Å². The molecule has 2 N–H and O–H groups in total. The molecule has 37 heavy (non-hydrogen) atoms. The number of nitrogens with one attached hydrogen (secondary N) is 1. The first-order valence-electron chi connectivity index (χ1n) is 12.0. The monoisotopic (exact) mass is 549 g/mol. The van der Waals surface area contributed by atoms with Gasteiger partial charge in [-0.3, -0.25) is 9.36 Å². The van der Waals surface area contributed by atoms with Crippen LogP contribution in [0.4, 0.5) is 11.6 Å². The molecular weight excluding hydrogens is 521 g/mol. The number of hydrogen-bond donors (Lipinski definition) is 2. The molecule has 3 aromatic rings. The number of aromatic nitrogens is 4. The van der Waals surface area contributed by atoms with E-state index in [0.717, 1.165) is 29.4 Å². The Morgan fingerprint density at radius 3 is 2.43 bits per heavy atom. The molecule has 0 radical (unpaired) electrons. The van der Waals surface area contributed by atoms with Crippen molar-refractivity contribution in [2.75, 3.05) is 5.32 Å². The molecule has 1 saturated carbocycles. The molecule has 198 valence electrons. The summed E-state index contributed by atoms with van der Waals surface area (Å²) in [6, 6.07) is 8.39. The molecule has 0 aliphatic heterocycles. The molecule has 0 bridgehead atoms. The Kier molecular flexibility index (Phi) is 9.71. The zero-order chi connectivity index (χ0) is 27.1. The van der Waals surface area contributed by atoms with Crippen LogP contribution in [0.1, 0.15) is 45.6 Å².